The fourth-order valence-corrected chi connectivity index (χ4v) is 3.60. The molecule has 4 nitrogen and oxygen atoms in total. The molecule has 1 heterocycles. The number of halogens is 6. The Bertz CT molecular complexity index is 1050. The van der Waals surface area contributed by atoms with E-state index in [9.17, 15) is 22.4 Å². The van der Waals surface area contributed by atoms with Crippen molar-refractivity contribution in [2.24, 2.45) is 5.16 Å². The lowest BCUT2D eigenvalue weighted by Gasteiger charge is -2.29. The zero-order valence-corrected chi connectivity index (χ0v) is 16.9. The van der Waals surface area contributed by atoms with Crippen LogP contribution in [0.4, 0.5) is 17.6 Å². The van der Waals surface area contributed by atoms with Crippen LogP contribution in [-0.2, 0) is 10.4 Å². The number of hydrogen-bond donors (Lipinski definition) is 1. The summed E-state index contributed by atoms with van der Waals surface area (Å²) in [5, 5.41) is 4.94. The number of nitrogens with zero attached hydrogens (tertiary/aromatic N) is 1. The number of carbonyl (C=O) groups is 1. The van der Waals surface area contributed by atoms with Crippen LogP contribution in [0.3, 0.4) is 0 Å². The minimum absolute atomic E-state index is 0.00248. The van der Waals surface area contributed by atoms with Gasteiger partial charge in [-0.2, -0.15) is 13.2 Å². The van der Waals surface area contributed by atoms with Gasteiger partial charge in [0.15, 0.2) is 5.82 Å². The molecule has 0 aromatic heterocycles. The van der Waals surface area contributed by atoms with Crippen LogP contribution in [0.1, 0.15) is 33.5 Å². The molecule has 0 saturated carbocycles. The first-order chi connectivity index (χ1) is 14.0. The number of aryl methyl sites for hydroxylation is 1. The summed E-state index contributed by atoms with van der Waals surface area (Å²) >= 11 is 11.4. The summed E-state index contributed by atoms with van der Waals surface area (Å²) in [5.41, 5.74) is -2.15. The second-order valence-corrected chi connectivity index (χ2v) is 7.41. The first-order valence-corrected chi connectivity index (χ1v) is 9.25. The Labute approximate surface area is 179 Å². The van der Waals surface area contributed by atoms with Crippen molar-refractivity contribution in [3.05, 3.63) is 81.2 Å². The lowest BCUT2D eigenvalue weighted by Crippen LogP contribution is -2.42. The van der Waals surface area contributed by atoms with E-state index >= 15 is 0 Å². The highest BCUT2D eigenvalue weighted by Gasteiger charge is 2.62. The molecule has 1 atom stereocenters. The molecular weight excluding hydrogens is 447 g/mol. The minimum atomic E-state index is -4.90. The van der Waals surface area contributed by atoms with Crippen molar-refractivity contribution in [3.63, 3.8) is 0 Å². The van der Waals surface area contributed by atoms with E-state index in [1.807, 2.05) is 0 Å². The summed E-state index contributed by atoms with van der Waals surface area (Å²) in [6.45, 7) is 5.04. The highest BCUT2D eigenvalue weighted by atomic mass is 35.5. The fraction of sp³-hybridized carbons (Fsp3) is 0.200. The van der Waals surface area contributed by atoms with Gasteiger partial charge < -0.3 is 10.2 Å². The second kappa shape index (κ2) is 7.92. The van der Waals surface area contributed by atoms with E-state index in [-0.39, 0.29) is 5.71 Å². The van der Waals surface area contributed by atoms with Crippen LogP contribution in [0.2, 0.25) is 10.0 Å². The van der Waals surface area contributed by atoms with Crippen molar-refractivity contribution in [3.8, 4) is 0 Å². The van der Waals surface area contributed by atoms with E-state index in [0.717, 1.165) is 12.1 Å². The first-order valence-electron chi connectivity index (χ1n) is 8.50. The normalized spacial score (nSPS) is 18.6. The van der Waals surface area contributed by atoms with E-state index in [1.165, 1.54) is 24.4 Å². The number of oxime groups is 1. The Morgan fingerprint density at radius 1 is 1.27 bits per heavy atom. The molecule has 3 rings (SSSR count). The third kappa shape index (κ3) is 3.77. The molecule has 0 saturated heterocycles. The van der Waals surface area contributed by atoms with Gasteiger partial charge in [-0.25, -0.2) is 4.39 Å². The molecule has 0 bridgehead atoms. The van der Waals surface area contributed by atoms with Gasteiger partial charge in [-0.05, 0) is 48.5 Å². The van der Waals surface area contributed by atoms with Gasteiger partial charge in [0.25, 0.3) is 11.5 Å². The predicted molar refractivity (Wildman–Crippen MR) is 105 cm³/mol. The SMILES string of the molecule is C=CNC(=O)c1ccc(C2=NOC(c3cc(Cl)c(F)c(Cl)c3)(C(F)(F)F)C2)cc1C. The van der Waals surface area contributed by atoms with Crippen LogP contribution in [0, 0.1) is 12.7 Å². The van der Waals surface area contributed by atoms with E-state index in [1.54, 1.807) is 6.92 Å². The third-order valence-electron chi connectivity index (χ3n) is 4.67. The molecule has 0 aliphatic carbocycles. The molecule has 1 amide bonds. The lowest BCUT2D eigenvalue weighted by atomic mass is 9.86. The van der Waals surface area contributed by atoms with Gasteiger partial charge in [0.05, 0.1) is 15.8 Å². The van der Waals surface area contributed by atoms with Gasteiger partial charge in [0.2, 0.25) is 0 Å². The number of benzene rings is 2. The second-order valence-electron chi connectivity index (χ2n) is 6.59. The van der Waals surface area contributed by atoms with Gasteiger partial charge in [-0.1, -0.05) is 41.0 Å². The number of carbonyl (C=O) groups excluding carboxylic acids is 1. The van der Waals surface area contributed by atoms with Crippen molar-refractivity contribution in [2.45, 2.75) is 25.1 Å². The summed E-state index contributed by atoms with van der Waals surface area (Å²) in [5.74, 6) is -1.43. The zero-order valence-electron chi connectivity index (χ0n) is 15.4. The largest absolute Gasteiger partial charge is 0.435 e. The average Bonchev–Trinajstić information content (AvgIpc) is 3.12. The number of hydrogen-bond acceptors (Lipinski definition) is 3. The van der Waals surface area contributed by atoms with Crippen LogP contribution in [-0.4, -0.2) is 17.8 Å². The van der Waals surface area contributed by atoms with Crippen molar-refractivity contribution >= 4 is 34.8 Å². The van der Waals surface area contributed by atoms with Crippen molar-refractivity contribution in [1.82, 2.24) is 5.32 Å². The molecule has 0 radical (unpaired) electrons. The lowest BCUT2D eigenvalue weighted by molar-refractivity contribution is -0.275. The van der Waals surface area contributed by atoms with Gasteiger partial charge in [0, 0.05) is 17.5 Å². The van der Waals surface area contributed by atoms with Crippen LogP contribution in [0.15, 0.2) is 48.3 Å². The molecule has 2 aromatic carbocycles. The van der Waals surface area contributed by atoms with Crippen LogP contribution >= 0.6 is 23.2 Å². The molecule has 2 aromatic rings. The average molecular weight is 461 g/mol. The molecule has 10 heteroatoms. The maximum absolute atomic E-state index is 14.0. The Hall–Kier alpha value is -2.58. The highest BCUT2D eigenvalue weighted by Crippen LogP contribution is 2.50. The van der Waals surface area contributed by atoms with Gasteiger partial charge in [-0.3, -0.25) is 4.79 Å². The molecule has 158 valence electrons. The highest BCUT2D eigenvalue weighted by molar-refractivity contribution is 6.35. The molecule has 1 aliphatic rings. The Kier molecular flexibility index (Phi) is 5.84. The molecule has 0 fully saturated rings. The molecule has 0 spiro atoms. The van der Waals surface area contributed by atoms with Crippen LogP contribution < -0.4 is 5.32 Å². The van der Waals surface area contributed by atoms with Gasteiger partial charge in [-0.15, -0.1) is 0 Å². The van der Waals surface area contributed by atoms with Crippen LogP contribution in [0.25, 0.3) is 0 Å². The standard InChI is InChI=1S/C20H14Cl2F4N2O2/c1-3-27-18(29)13-5-4-11(6-10(13)2)16-9-19(30-28-16,20(24,25)26)12-7-14(21)17(23)15(22)8-12/h3-8H,1,9H2,2H3,(H,27,29). The van der Waals surface area contributed by atoms with E-state index in [4.69, 9.17) is 28.0 Å². The Morgan fingerprint density at radius 2 is 1.90 bits per heavy atom. The molecule has 1 N–H and O–H groups in total. The minimum Gasteiger partial charge on any atom is -0.374 e. The first kappa shape index (κ1) is 22.1. The number of rotatable bonds is 4. The number of nitrogens with one attached hydrogen (secondary N) is 1. The third-order valence-corrected chi connectivity index (χ3v) is 5.22. The topological polar surface area (TPSA) is 50.7 Å². The summed E-state index contributed by atoms with van der Waals surface area (Å²) in [6, 6.07) is 6.10. The Morgan fingerprint density at radius 3 is 2.43 bits per heavy atom. The maximum atomic E-state index is 14.0. The summed E-state index contributed by atoms with van der Waals surface area (Å²) in [4.78, 5) is 16.9. The molecular formula is C20H14Cl2F4N2O2. The predicted octanol–water partition coefficient (Wildman–Crippen LogP) is 5.90. The number of alkyl halides is 3. The van der Waals surface area contributed by atoms with Crippen molar-refractivity contribution < 1.29 is 27.2 Å². The summed E-state index contributed by atoms with van der Waals surface area (Å²) in [6.07, 6.45) is -4.37. The quantitative estimate of drug-likeness (QED) is 0.456. The molecule has 30 heavy (non-hydrogen) atoms. The number of amides is 1. The summed E-state index contributed by atoms with van der Waals surface area (Å²) < 4.78 is 55.9. The van der Waals surface area contributed by atoms with Gasteiger partial charge >= 0.3 is 6.18 Å². The van der Waals surface area contributed by atoms with E-state index in [2.05, 4.69) is 17.1 Å². The van der Waals surface area contributed by atoms with Crippen molar-refractivity contribution in [2.75, 3.05) is 0 Å². The van der Waals surface area contributed by atoms with Gasteiger partial charge in [0.1, 0.15) is 0 Å². The van der Waals surface area contributed by atoms with Crippen LogP contribution in [0.5, 0.6) is 0 Å². The smallest absolute Gasteiger partial charge is 0.374 e. The molecule has 1 aliphatic heterocycles. The Balaban J connectivity index is 2.00. The molecule has 1 unspecified atom stereocenters. The van der Waals surface area contributed by atoms with E-state index in [0.29, 0.717) is 16.7 Å². The monoisotopic (exact) mass is 460 g/mol. The summed E-state index contributed by atoms with van der Waals surface area (Å²) in [7, 11) is 0. The zero-order chi connectivity index (χ0) is 22.3. The maximum Gasteiger partial charge on any atom is 0.435 e. The van der Waals surface area contributed by atoms with E-state index < -0.39 is 45.5 Å². The van der Waals surface area contributed by atoms with Crippen molar-refractivity contribution in [1.29, 1.82) is 0 Å². The fourth-order valence-electron chi connectivity index (χ4n) is 3.12.